The Labute approximate surface area is 171 Å². The number of para-hydroxylation sites is 2. The van der Waals surface area contributed by atoms with Gasteiger partial charge in [-0.15, -0.1) is 0 Å². The van der Waals surface area contributed by atoms with Crippen molar-refractivity contribution in [2.24, 2.45) is 0 Å². The molecule has 5 rings (SSSR count). The van der Waals surface area contributed by atoms with Gasteiger partial charge in [0.2, 0.25) is 5.88 Å². The minimum atomic E-state index is -0.195. The summed E-state index contributed by atoms with van der Waals surface area (Å²) < 4.78 is 12.4. The van der Waals surface area contributed by atoms with Gasteiger partial charge in [0.1, 0.15) is 5.75 Å². The average molecular weight is 384 g/mol. The molecule has 3 aromatic carbocycles. The minimum Gasteiger partial charge on any atom is -0.465 e. The summed E-state index contributed by atoms with van der Waals surface area (Å²) in [5.41, 5.74) is 4.62. The third kappa shape index (κ3) is 3.01. The van der Waals surface area contributed by atoms with Crippen LogP contribution in [0.3, 0.4) is 0 Å². The first kappa shape index (κ1) is 17.7. The number of likely N-dealkylation sites (N-methyl/N-ethyl adjacent to an activating group) is 1. The highest BCUT2D eigenvalue weighted by atomic mass is 16.5. The zero-order valence-corrected chi connectivity index (χ0v) is 16.7. The molecule has 2 aliphatic heterocycles. The van der Waals surface area contributed by atoms with E-state index >= 15 is 0 Å². The van der Waals surface area contributed by atoms with E-state index in [2.05, 4.69) is 78.3 Å². The molecule has 4 heteroatoms. The van der Waals surface area contributed by atoms with Gasteiger partial charge < -0.3 is 19.3 Å². The number of nitrogens with zero attached hydrogens (tertiary/aromatic N) is 2. The molecular weight excluding hydrogens is 360 g/mol. The first-order valence-corrected chi connectivity index (χ1v) is 10.2. The fourth-order valence-corrected chi connectivity index (χ4v) is 4.08. The number of fused-ring (bicyclic) bond motifs is 2. The summed E-state index contributed by atoms with van der Waals surface area (Å²) in [5, 5.41) is 0. The monoisotopic (exact) mass is 384 g/mol. The van der Waals surface area contributed by atoms with Gasteiger partial charge in [-0.1, -0.05) is 48.5 Å². The van der Waals surface area contributed by atoms with Crippen LogP contribution in [0.1, 0.15) is 13.8 Å². The van der Waals surface area contributed by atoms with E-state index in [1.54, 1.807) is 0 Å². The van der Waals surface area contributed by atoms with Crippen LogP contribution >= 0.6 is 0 Å². The van der Waals surface area contributed by atoms with E-state index in [1.165, 1.54) is 11.1 Å². The van der Waals surface area contributed by atoms with Gasteiger partial charge in [0, 0.05) is 19.2 Å². The lowest BCUT2D eigenvalue weighted by Crippen LogP contribution is -2.34. The molecule has 146 valence electrons. The van der Waals surface area contributed by atoms with Crippen molar-refractivity contribution < 1.29 is 9.47 Å². The second-order valence-electron chi connectivity index (χ2n) is 7.16. The van der Waals surface area contributed by atoms with Crippen molar-refractivity contribution in [3.8, 4) is 22.6 Å². The number of hydrogen-bond acceptors (Lipinski definition) is 4. The van der Waals surface area contributed by atoms with E-state index in [9.17, 15) is 0 Å². The van der Waals surface area contributed by atoms with Gasteiger partial charge in [-0.3, -0.25) is 0 Å². The predicted molar refractivity (Wildman–Crippen MR) is 117 cm³/mol. The second-order valence-corrected chi connectivity index (χ2v) is 7.16. The minimum absolute atomic E-state index is 0.195. The van der Waals surface area contributed by atoms with Crippen molar-refractivity contribution >= 4 is 11.4 Å². The Kier molecular flexibility index (Phi) is 4.39. The fraction of sp³-hybridized carbons (Fsp3) is 0.200. The first-order valence-electron chi connectivity index (χ1n) is 10.2. The molecule has 0 aromatic heterocycles. The molecule has 0 fully saturated rings. The van der Waals surface area contributed by atoms with Gasteiger partial charge in [0.25, 0.3) is 0 Å². The maximum absolute atomic E-state index is 6.30. The summed E-state index contributed by atoms with van der Waals surface area (Å²) in [6.07, 6.45) is 1.88. The summed E-state index contributed by atoms with van der Waals surface area (Å²) in [6.45, 7) is 5.97. The third-order valence-corrected chi connectivity index (χ3v) is 5.51. The molecule has 2 heterocycles. The van der Waals surface area contributed by atoms with Crippen molar-refractivity contribution in [2.75, 3.05) is 22.9 Å². The molecule has 1 atom stereocenters. The Morgan fingerprint density at radius 1 is 0.793 bits per heavy atom. The lowest BCUT2D eigenvalue weighted by Gasteiger charge is -2.23. The topological polar surface area (TPSA) is 24.9 Å². The van der Waals surface area contributed by atoms with E-state index in [1.807, 2.05) is 24.3 Å². The van der Waals surface area contributed by atoms with E-state index in [0.717, 1.165) is 41.8 Å². The number of anilines is 2. The van der Waals surface area contributed by atoms with Crippen molar-refractivity contribution in [2.45, 2.75) is 20.1 Å². The summed E-state index contributed by atoms with van der Waals surface area (Å²) >= 11 is 0. The quantitative estimate of drug-likeness (QED) is 0.580. The Balaban J connectivity index is 1.47. The van der Waals surface area contributed by atoms with Gasteiger partial charge in [-0.2, -0.15) is 0 Å². The summed E-state index contributed by atoms with van der Waals surface area (Å²) in [7, 11) is 0. The number of benzene rings is 3. The van der Waals surface area contributed by atoms with Gasteiger partial charge in [0.05, 0.1) is 11.4 Å². The molecule has 2 aliphatic rings. The highest BCUT2D eigenvalue weighted by Crippen LogP contribution is 2.42. The van der Waals surface area contributed by atoms with E-state index in [-0.39, 0.29) is 6.23 Å². The molecule has 1 unspecified atom stereocenters. The summed E-state index contributed by atoms with van der Waals surface area (Å²) in [5.74, 6) is 2.63. The van der Waals surface area contributed by atoms with E-state index in [4.69, 9.17) is 9.47 Å². The Hall–Kier alpha value is -3.40. The largest absolute Gasteiger partial charge is 0.465 e. The van der Waals surface area contributed by atoms with Gasteiger partial charge in [-0.05, 0) is 49.2 Å². The van der Waals surface area contributed by atoms with Crippen LogP contribution in [-0.2, 0) is 0 Å². The van der Waals surface area contributed by atoms with Crippen molar-refractivity contribution in [3.05, 3.63) is 84.8 Å². The van der Waals surface area contributed by atoms with E-state index in [0.29, 0.717) is 0 Å². The lowest BCUT2D eigenvalue weighted by molar-refractivity contribution is 0.267. The number of ether oxygens (including phenoxy) is 2. The third-order valence-electron chi connectivity index (χ3n) is 5.51. The molecule has 0 amide bonds. The Morgan fingerprint density at radius 2 is 1.59 bits per heavy atom. The van der Waals surface area contributed by atoms with Crippen LogP contribution in [0.25, 0.3) is 11.1 Å². The molecule has 0 saturated carbocycles. The molecule has 0 saturated heterocycles. The first-order chi connectivity index (χ1) is 14.3. The maximum atomic E-state index is 6.30. The molecule has 4 nitrogen and oxygen atoms in total. The number of rotatable bonds is 4. The molecule has 0 aliphatic carbocycles. The average Bonchev–Trinajstić information content (AvgIpc) is 3.30. The maximum Gasteiger partial charge on any atom is 0.202 e. The van der Waals surface area contributed by atoms with Crippen LogP contribution in [0.4, 0.5) is 11.4 Å². The molecule has 0 spiro atoms. The zero-order chi connectivity index (χ0) is 19.8. The molecule has 0 bridgehead atoms. The van der Waals surface area contributed by atoms with Crippen LogP contribution in [0.5, 0.6) is 11.5 Å². The molecule has 0 N–H and O–H groups in total. The van der Waals surface area contributed by atoms with Crippen LogP contribution in [0.15, 0.2) is 84.8 Å². The summed E-state index contributed by atoms with van der Waals surface area (Å²) in [6, 6.07) is 25.0. The highest BCUT2D eigenvalue weighted by molar-refractivity contribution is 5.75. The number of hydrogen-bond donors (Lipinski definition) is 0. The molecule has 3 aromatic rings. The lowest BCUT2D eigenvalue weighted by atomic mass is 10.0. The van der Waals surface area contributed by atoms with Crippen LogP contribution in [-0.4, -0.2) is 19.3 Å². The summed E-state index contributed by atoms with van der Waals surface area (Å²) in [4.78, 5) is 4.46. The van der Waals surface area contributed by atoms with Crippen molar-refractivity contribution in [1.29, 1.82) is 0 Å². The van der Waals surface area contributed by atoms with Crippen LogP contribution in [0, 0.1) is 0 Å². The standard InChI is InChI=1S/C25H24N2O2/c1-3-26-20-12-8-9-13-22(20)28-24(26)17-25-27(4-2)21-16-19(14-15-23(21)29-25)18-10-6-5-7-11-18/h5-17,25H,3-4H2,1-2H3. The highest BCUT2D eigenvalue weighted by Gasteiger charge is 2.32. The van der Waals surface area contributed by atoms with Gasteiger partial charge >= 0.3 is 0 Å². The van der Waals surface area contributed by atoms with Crippen LogP contribution < -0.4 is 19.3 Å². The smallest absolute Gasteiger partial charge is 0.202 e. The predicted octanol–water partition coefficient (Wildman–Crippen LogP) is 5.66. The normalized spacial score (nSPS) is 18.4. The Morgan fingerprint density at radius 3 is 2.38 bits per heavy atom. The molecule has 0 radical (unpaired) electrons. The SMILES string of the molecule is CCN1C(=CC2Oc3ccc(-c4ccccc4)cc3N2CC)Oc2ccccc21. The van der Waals surface area contributed by atoms with Crippen molar-refractivity contribution in [1.82, 2.24) is 0 Å². The fourth-order valence-electron chi connectivity index (χ4n) is 4.08. The van der Waals surface area contributed by atoms with Gasteiger partial charge in [0.15, 0.2) is 12.0 Å². The van der Waals surface area contributed by atoms with Gasteiger partial charge in [-0.25, -0.2) is 0 Å². The second kappa shape index (κ2) is 7.21. The van der Waals surface area contributed by atoms with Crippen LogP contribution in [0.2, 0.25) is 0 Å². The Bertz CT molecular complexity index is 1060. The van der Waals surface area contributed by atoms with Crippen molar-refractivity contribution in [3.63, 3.8) is 0 Å². The zero-order valence-electron chi connectivity index (χ0n) is 16.7. The molecule has 29 heavy (non-hydrogen) atoms. The van der Waals surface area contributed by atoms with E-state index < -0.39 is 0 Å². The molecular formula is C25H24N2O2.